The Labute approximate surface area is 244 Å². The fraction of sp³-hybridized carbons (Fsp3) is 0.156. The molecule has 0 aliphatic heterocycles. The van der Waals surface area contributed by atoms with Gasteiger partial charge in [-0.05, 0) is 59.3 Å². The third kappa shape index (κ3) is 5.67. The molecule has 0 heterocycles. The molecular formula is C32H31N3O6S. The second-order valence-corrected chi connectivity index (χ2v) is 11.5. The second-order valence-electron chi connectivity index (χ2n) is 9.78. The van der Waals surface area contributed by atoms with E-state index in [2.05, 4.69) is 10.0 Å². The van der Waals surface area contributed by atoms with E-state index in [-0.39, 0.29) is 29.4 Å². The van der Waals surface area contributed by atoms with Crippen LogP contribution in [0.1, 0.15) is 5.56 Å². The first-order chi connectivity index (χ1) is 20.2. The minimum absolute atomic E-state index is 0.0345. The van der Waals surface area contributed by atoms with Crippen molar-refractivity contribution in [3.8, 4) is 22.6 Å². The van der Waals surface area contributed by atoms with Gasteiger partial charge in [0.05, 0.1) is 17.7 Å². The number of anilines is 1. The Kier molecular flexibility index (Phi) is 8.19. The summed E-state index contributed by atoms with van der Waals surface area (Å²) in [4.78, 5) is 13.5. The molecule has 0 radical (unpaired) electrons. The normalized spacial score (nSPS) is 11.5. The molecule has 0 saturated carbocycles. The number of hydrogen-bond acceptors (Lipinski definition) is 6. The molecule has 0 aliphatic rings. The summed E-state index contributed by atoms with van der Waals surface area (Å²) in [6.45, 7) is 0.790. The third-order valence-electron chi connectivity index (χ3n) is 7.18. The first-order valence-electron chi connectivity index (χ1n) is 13.3. The van der Waals surface area contributed by atoms with E-state index in [9.17, 15) is 23.4 Å². The van der Waals surface area contributed by atoms with Crippen LogP contribution in [0.4, 0.5) is 10.5 Å². The molecule has 5 aromatic carbocycles. The molecule has 0 unspecified atom stereocenters. The van der Waals surface area contributed by atoms with E-state index in [0.717, 1.165) is 10.8 Å². The quantitative estimate of drug-likeness (QED) is 0.151. The standard InChI is InChI=1S/C32H31N3O6S/c1-33-17-18-35(32(37)38)20-22-12-11-21-7-3-4-8-25(21)30(22)28-19-29(26-9-5-6-10-27(26)31(28)36)34-42(39,40)24-15-13-23(41-2)14-16-24/h3-16,19,33-34,36H,17-18,20H2,1-2H3,(H,37,38). The highest BCUT2D eigenvalue weighted by molar-refractivity contribution is 7.92. The van der Waals surface area contributed by atoms with Crippen molar-refractivity contribution in [1.82, 2.24) is 10.2 Å². The van der Waals surface area contributed by atoms with Crippen molar-refractivity contribution in [2.24, 2.45) is 0 Å². The fourth-order valence-corrected chi connectivity index (χ4v) is 6.13. The Hall–Kier alpha value is -4.80. The van der Waals surface area contributed by atoms with Crippen LogP contribution in [0.25, 0.3) is 32.7 Å². The maximum Gasteiger partial charge on any atom is 0.407 e. The monoisotopic (exact) mass is 585 g/mol. The van der Waals surface area contributed by atoms with Gasteiger partial charge in [0.25, 0.3) is 10.0 Å². The van der Waals surface area contributed by atoms with Gasteiger partial charge in [0, 0.05) is 36.0 Å². The highest BCUT2D eigenvalue weighted by atomic mass is 32.2. The summed E-state index contributed by atoms with van der Waals surface area (Å²) in [7, 11) is -0.758. The molecule has 5 aromatic rings. The summed E-state index contributed by atoms with van der Waals surface area (Å²) in [6.07, 6.45) is -1.07. The lowest BCUT2D eigenvalue weighted by Gasteiger charge is -2.23. The van der Waals surface area contributed by atoms with Crippen LogP contribution in [0.15, 0.2) is 95.9 Å². The first-order valence-corrected chi connectivity index (χ1v) is 14.8. The van der Waals surface area contributed by atoms with Crippen LogP contribution < -0.4 is 14.8 Å². The highest BCUT2D eigenvalue weighted by Crippen LogP contribution is 2.44. The van der Waals surface area contributed by atoms with Gasteiger partial charge in [0.1, 0.15) is 11.5 Å². The average Bonchev–Trinajstić information content (AvgIpc) is 3.00. The van der Waals surface area contributed by atoms with E-state index in [1.54, 1.807) is 49.5 Å². The molecule has 0 fully saturated rings. The van der Waals surface area contributed by atoms with Crippen molar-refractivity contribution in [2.45, 2.75) is 11.4 Å². The zero-order valence-electron chi connectivity index (χ0n) is 23.2. The van der Waals surface area contributed by atoms with Crippen LogP contribution >= 0.6 is 0 Å². The molecular weight excluding hydrogens is 554 g/mol. The van der Waals surface area contributed by atoms with Gasteiger partial charge in [0.15, 0.2) is 0 Å². The molecule has 0 bridgehead atoms. The Morgan fingerprint density at radius 1 is 0.905 bits per heavy atom. The molecule has 5 rings (SSSR count). The minimum atomic E-state index is -4.01. The number of ether oxygens (including phenoxy) is 1. The molecule has 0 spiro atoms. The van der Waals surface area contributed by atoms with Crippen LogP contribution in [-0.4, -0.2) is 56.9 Å². The molecule has 9 nitrogen and oxygen atoms in total. The Morgan fingerprint density at radius 3 is 2.24 bits per heavy atom. The third-order valence-corrected chi connectivity index (χ3v) is 8.56. The molecule has 42 heavy (non-hydrogen) atoms. The van der Waals surface area contributed by atoms with E-state index >= 15 is 0 Å². The SMILES string of the molecule is CNCCN(Cc1ccc2ccccc2c1-c1cc(NS(=O)(=O)c2ccc(OC)cc2)c2ccccc2c1O)C(=O)O. The van der Waals surface area contributed by atoms with Crippen molar-refractivity contribution in [3.05, 3.63) is 96.6 Å². The smallest absolute Gasteiger partial charge is 0.407 e. The molecule has 1 amide bonds. The van der Waals surface area contributed by atoms with Gasteiger partial charge in [0.2, 0.25) is 0 Å². The number of rotatable bonds is 10. The van der Waals surface area contributed by atoms with Gasteiger partial charge in [-0.15, -0.1) is 0 Å². The van der Waals surface area contributed by atoms with Crippen LogP contribution in [0.2, 0.25) is 0 Å². The van der Waals surface area contributed by atoms with Gasteiger partial charge in [-0.3, -0.25) is 4.72 Å². The van der Waals surface area contributed by atoms with Crippen molar-refractivity contribution in [2.75, 3.05) is 32.0 Å². The van der Waals surface area contributed by atoms with Crippen molar-refractivity contribution >= 4 is 43.3 Å². The van der Waals surface area contributed by atoms with Gasteiger partial charge in [-0.1, -0.05) is 60.7 Å². The van der Waals surface area contributed by atoms with Crippen molar-refractivity contribution in [3.63, 3.8) is 0 Å². The number of fused-ring (bicyclic) bond motifs is 2. The molecule has 4 N–H and O–H groups in total. The zero-order valence-corrected chi connectivity index (χ0v) is 24.0. The second kappa shape index (κ2) is 12.0. The molecule has 0 atom stereocenters. The molecule has 0 aliphatic carbocycles. The van der Waals surface area contributed by atoms with E-state index in [1.165, 1.54) is 24.1 Å². The lowest BCUT2D eigenvalue weighted by Crippen LogP contribution is -2.34. The van der Waals surface area contributed by atoms with Gasteiger partial charge >= 0.3 is 6.09 Å². The summed E-state index contributed by atoms with van der Waals surface area (Å²) >= 11 is 0. The number of phenolic OH excluding ortho intramolecular Hbond substituents is 1. The summed E-state index contributed by atoms with van der Waals surface area (Å²) in [5, 5.41) is 27.2. The highest BCUT2D eigenvalue weighted by Gasteiger charge is 2.23. The number of amides is 1. The lowest BCUT2D eigenvalue weighted by molar-refractivity contribution is 0.143. The predicted molar refractivity (Wildman–Crippen MR) is 165 cm³/mol. The zero-order chi connectivity index (χ0) is 29.9. The number of nitrogens with one attached hydrogen (secondary N) is 2. The maximum absolute atomic E-state index is 13.5. The summed E-state index contributed by atoms with van der Waals surface area (Å²) in [5.41, 5.74) is 1.95. The van der Waals surface area contributed by atoms with Gasteiger partial charge in [-0.25, -0.2) is 13.2 Å². The number of hydrogen-bond donors (Lipinski definition) is 4. The van der Waals surface area contributed by atoms with Crippen LogP contribution in [0.5, 0.6) is 11.5 Å². The summed E-state index contributed by atoms with van der Waals surface area (Å²) in [5.74, 6) is 0.493. The van der Waals surface area contributed by atoms with Crippen molar-refractivity contribution in [1.29, 1.82) is 0 Å². The molecule has 10 heteroatoms. The minimum Gasteiger partial charge on any atom is -0.507 e. The molecule has 0 saturated heterocycles. The van der Waals surface area contributed by atoms with E-state index in [1.807, 2.05) is 36.4 Å². The van der Waals surface area contributed by atoms with Gasteiger partial charge in [-0.2, -0.15) is 0 Å². The number of benzene rings is 5. The van der Waals surface area contributed by atoms with E-state index in [4.69, 9.17) is 4.74 Å². The number of carboxylic acid groups (broad SMARTS) is 1. The fourth-order valence-electron chi connectivity index (χ4n) is 5.05. The maximum atomic E-state index is 13.5. The number of likely N-dealkylation sites (N-methyl/N-ethyl adjacent to an activating group) is 1. The molecule has 216 valence electrons. The Morgan fingerprint density at radius 2 is 1.57 bits per heavy atom. The van der Waals surface area contributed by atoms with Crippen LogP contribution in [-0.2, 0) is 16.6 Å². The number of phenols is 1. The van der Waals surface area contributed by atoms with Crippen LogP contribution in [0, 0.1) is 0 Å². The summed E-state index contributed by atoms with van der Waals surface area (Å²) < 4.78 is 34.8. The van der Waals surface area contributed by atoms with Crippen LogP contribution in [0.3, 0.4) is 0 Å². The number of aromatic hydroxyl groups is 1. The first kappa shape index (κ1) is 28.7. The van der Waals surface area contributed by atoms with Gasteiger partial charge < -0.3 is 25.2 Å². The Bertz CT molecular complexity index is 1870. The number of nitrogens with zero attached hydrogens (tertiary/aromatic N) is 1. The number of methoxy groups -OCH3 is 1. The lowest BCUT2D eigenvalue weighted by atomic mass is 9.90. The largest absolute Gasteiger partial charge is 0.507 e. The average molecular weight is 586 g/mol. The summed E-state index contributed by atoms with van der Waals surface area (Å²) in [6, 6.07) is 26.0. The van der Waals surface area contributed by atoms with E-state index < -0.39 is 16.1 Å². The predicted octanol–water partition coefficient (Wildman–Crippen LogP) is 5.87. The molecule has 0 aromatic heterocycles. The number of carbonyl (C=O) groups is 1. The number of sulfonamides is 1. The Balaban J connectivity index is 1.72. The van der Waals surface area contributed by atoms with Crippen molar-refractivity contribution < 1.29 is 28.2 Å². The topological polar surface area (TPSA) is 128 Å². The van der Waals surface area contributed by atoms with E-state index in [0.29, 0.717) is 39.8 Å².